The van der Waals surface area contributed by atoms with Crippen LogP contribution in [0.3, 0.4) is 0 Å². The predicted octanol–water partition coefficient (Wildman–Crippen LogP) is 0.503. The number of carbonyl (C=O) groups is 1. The Labute approximate surface area is 77.6 Å². The molecule has 0 aromatic rings. The van der Waals surface area contributed by atoms with E-state index in [9.17, 15) is 4.79 Å². The van der Waals surface area contributed by atoms with Gasteiger partial charge in [0.2, 0.25) is 0 Å². The van der Waals surface area contributed by atoms with Crippen molar-refractivity contribution in [3.8, 4) is 0 Å². The second-order valence-corrected chi connectivity index (χ2v) is 4.77. The molecule has 11 heavy (non-hydrogen) atoms. The van der Waals surface area contributed by atoms with E-state index in [1.807, 2.05) is 0 Å². The quantitative estimate of drug-likeness (QED) is 0.364. The Morgan fingerprint density at radius 1 is 1.45 bits per heavy atom. The van der Waals surface area contributed by atoms with Crippen LogP contribution in [0.5, 0.6) is 0 Å². The molecule has 3 heterocycles. The molecule has 0 unspecified atom stereocenters. The first-order valence-electron chi connectivity index (χ1n) is 3.77. The van der Waals surface area contributed by atoms with Crippen LogP contribution in [0, 0.1) is 5.92 Å². The summed E-state index contributed by atoms with van der Waals surface area (Å²) in [6.45, 7) is 0. The molecule has 2 bridgehead atoms. The summed E-state index contributed by atoms with van der Waals surface area (Å²) in [6.07, 6.45) is 1.32. The number of esters is 1. The minimum Gasteiger partial charge on any atom is -0.458 e. The second kappa shape index (κ2) is 1.90. The van der Waals surface area contributed by atoms with Crippen molar-refractivity contribution in [2.24, 2.45) is 5.92 Å². The number of hydrogen-bond donors (Lipinski definition) is 0. The van der Waals surface area contributed by atoms with Crippen LogP contribution in [-0.4, -0.2) is 28.2 Å². The van der Waals surface area contributed by atoms with Crippen molar-refractivity contribution in [3.63, 3.8) is 0 Å². The molecular weight excluding hydrogens is 259 g/mol. The van der Waals surface area contributed by atoms with E-state index in [2.05, 4.69) is 22.6 Å². The summed E-state index contributed by atoms with van der Waals surface area (Å²) in [7, 11) is 0. The number of hydrogen-bond acceptors (Lipinski definition) is 3. The van der Waals surface area contributed by atoms with Crippen molar-refractivity contribution >= 4 is 28.6 Å². The van der Waals surface area contributed by atoms with Gasteiger partial charge in [0, 0.05) is 0 Å². The number of fused-ring (bicyclic) bond motifs is 1. The monoisotopic (exact) mass is 266 g/mol. The van der Waals surface area contributed by atoms with Crippen LogP contribution in [0.1, 0.15) is 6.42 Å². The number of halogens is 1. The topological polar surface area (TPSA) is 35.5 Å². The van der Waals surface area contributed by atoms with Gasteiger partial charge in [-0.1, -0.05) is 22.6 Å². The molecule has 3 fully saturated rings. The molecule has 0 saturated carbocycles. The van der Waals surface area contributed by atoms with Crippen LogP contribution in [0.2, 0.25) is 0 Å². The maximum absolute atomic E-state index is 11.1. The van der Waals surface area contributed by atoms with E-state index >= 15 is 0 Å². The Bertz CT molecular complexity index is 230. The Balaban J connectivity index is 2.04. The lowest BCUT2D eigenvalue weighted by atomic mass is 9.90. The Hall–Kier alpha value is 0.160. The van der Waals surface area contributed by atoms with E-state index in [0.717, 1.165) is 6.42 Å². The first-order valence-corrected chi connectivity index (χ1v) is 5.02. The van der Waals surface area contributed by atoms with Gasteiger partial charge in [-0.3, -0.25) is 4.79 Å². The van der Waals surface area contributed by atoms with Crippen LogP contribution >= 0.6 is 22.6 Å². The number of alkyl halides is 1. The molecule has 3 aliphatic rings. The molecule has 4 heteroatoms. The van der Waals surface area contributed by atoms with Crippen molar-refractivity contribution in [1.82, 2.24) is 0 Å². The highest BCUT2D eigenvalue weighted by atomic mass is 127. The highest BCUT2D eigenvalue weighted by Gasteiger charge is 2.62. The van der Waals surface area contributed by atoms with E-state index in [4.69, 9.17) is 9.47 Å². The van der Waals surface area contributed by atoms with Gasteiger partial charge in [0.25, 0.3) is 0 Å². The number of carbonyl (C=O) groups excluding carboxylic acids is 1. The van der Waals surface area contributed by atoms with Crippen LogP contribution in [0.15, 0.2) is 0 Å². The predicted molar refractivity (Wildman–Crippen MR) is 44.5 cm³/mol. The molecule has 0 aliphatic carbocycles. The smallest absolute Gasteiger partial charge is 0.312 e. The molecule has 5 atom stereocenters. The second-order valence-electron chi connectivity index (χ2n) is 3.33. The van der Waals surface area contributed by atoms with Gasteiger partial charge < -0.3 is 9.47 Å². The minimum absolute atomic E-state index is 0.0401. The lowest BCUT2D eigenvalue weighted by molar-refractivity contribution is -0.143. The standard InChI is InChI=1S/C7H7IO3/c8-4-3-1-2-5(10-3)6(4)11-7(2)9/h2-6H,1H2/t2-,3-,4+,5-,6-/m1/s1. The Morgan fingerprint density at radius 3 is 2.91 bits per heavy atom. The summed E-state index contributed by atoms with van der Waals surface area (Å²) in [5.74, 6) is 0.0256. The fourth-order valence-corrected chi connectivity index (χ4v) is 3.24. The highest BCUT2D eigenvalue weighted by Crippen LogP contribution is 2.48. The van der Waals surface area contributed by atoms with Crippen LogP contribution < -0.4 is 0 Å². The zero-order valence-corrected chi connectivity index (χ0v) is 7.85. The zero-order valence-electron chi connectivity index (χ0n) is 5.70. The van der Waals surface area contributed by atoms with Crippen molar-refractivity contribution in [2.45, 2.75) is 28.7 Å². The molecule has 0 aromatic heterocycles. The molecule has 0 radical (unpaired) electrons. The molecule has 0 spiro atoms. The summed E-state index contributed by atoms with van der Waals surface area (Å²) in [5, 5.41) is 0. The average Bonchev–Trinajstić information content (AvgIpc) is 2.53. The van der Waals surface area contributed by atoms with Gasteiger partial charge in [0.05, 0.1) is 15.9 Å². The van der Waals surface area contributed by atoms with E-state index in [1.165, 1.54) is 0 Å². The van der Waals surface area contributed by atoms with Gasteiger partial charge in [-0.25, -0.2) is 0 Å². The highest BCUT2D eigenvalue weighted by molar-refractivity contribution is 14.1. The lowest BCUT2D eigenvalue weighted by Gasteiger charge is -2.14. The normalized spacial score (nSPS) is 58.6. The summed E-state index contributed by atoms with van der Waals surface area (Å²) in [4.78, 5) is 11.1. The third-order valence-electron chi connectivity index (χ3n) is 2.76. The van der Waals surface area contributed by atoms with Gasteiger partial charge in [-0.05, 0) is 6.42 Å². The number of rotatable bonds is 0. The lowest BCUT2D eigenvalue weighted by Crippen LogP contribution is -2.31. The van der Waals surface area contributed by atoms with Crippen LogP contribution in [0.4, 0.5) is 0 Å². The summed E-state index contributed by atoms with van der Waals surface area (Å²) >= 11 is 2.32. The van der Waals surface area contributed by atoms with Crippen LogP contribution in [0.25, 0.3) is 0 Å². The summed E-state index contributed by atoms with van der Waals surface area (Å²) in [6, 6.07) is 0. The molecule has 0 aromatic carbocycles. The van der Waals surface area contributed by atoms with Gasteiger partial charge in [0.1, 0.15) is 12.2 Å². The maximum Gasteiger partial charge on any atom is 0.312 e. The van der Waals surface area contributed by atoms with E-state index < -0.39 is 0 Å². The van der Waals surface area contributed by atoms with Crippen molar-refractivity contribution in [2.75, 3.05) is 0 Å². The fourth-order valence-electron chi connectivity index (χ4n) is 2.22. The van der Waals surface area contributed by atoms with E-state index in [0.29, 0.717) is 3.92 Å². The fraction of sp³-hybridized carbons (Fsp3) is 0.857. The van der Waals surface area contributed by atoms with Crippen molar-refractivity contribution < 1.29 is 14.3 Å². The molecule has 0 amide bonds. The molecular formula is C7H7IO3. The van der Waals surface area contributed by atoms with Gasteiger partial charge >= 0.3 is 5.97 Å². The van der Waals surface area contributed by atoms with E-state index in [1.54, 1.807) is 0 Å². The molecule has 0 N–H and O–H groups in total. The molecule has 3 aliphatic heterocycles. The third-order valence-corrected chi connectivity index (χ3v) is 4.27. The minimum atomic E-state index is -0.0401. The van der Waals surface area contributed by atoms with E-state index in [-0.39, 0.29) is 30.2 Å². The summed E-state index contributed by atoms with van der Waals surface area (Å²) < 4.78 is 11.2. The van der Waals surface area contributed by atoms with Crippen LogP contribution in [-0.2, 0) is 14.3 Å². The molecule has 3 rings (SSSR count). The van der Waals surface area contributed by atoms with Gasteiger partial charge in [-0.15, -0.1) is 0 Å². The van der Waals surface area contributed by atoms with Gasteiger partial charge in [-0.2, -0.15) is 0 Å². The van der Waals surface area contributed by atoms with Gasteiger partial charge in [0.15, 0.2) is 0 Å². The SMILES string of the molecule is O=C1O[C@@H]2[C@@H](I)[C@H]3C[C@@H]1[C@H]2O3. The van der Waals surface area contributed by atoms with Crippen molar-refractivity contribution in [1.29, 1.82) is 0 Å². The number of ether oxygens (including phenoxy) is 2. The zero-order chi connectivity index (χ0) is 7.59. The molecule has 3 nitrogen and oxygen atoms in total. The maximum atomic E-state index is 11.1. The Morgan fingerprint density at radius 2 is 2.27 bits per heavy atom. The van der Waals surface area contributed by atoms with Crippen molar-refractivity contribution in [3.05, 3.63) is 0 Å². The Kier molecular flexibility index (Phi) is 1.15. The summed E-state index contributed by atoms with van der Waals surface area (Å²) in [5.41, 5.74) is 0. The first-order chi connectivity index (χ1) is 5.27. The molecule has 3 saturated heterocycles. The largest absolute Gasteiger partial charge is 0.458 e. The first kappa shape index (κ1) is 6.65. The third kappa shape index (κ3) is 0.654. The average molecular weight is 266 g/mol. The molecule has 60 valence electrons.